The van der Waals surface area contributed by atoms with Gasteiger partial charge in [0.2, 0.25) is 5.91 Å². The predicted octanol–water partition coefficient (Wildman–Crippen LogP) is 4.27. The minimum absolute atomic E-state index is 0.0485. The van der Waals surface area contributed by atoms with Crippen LogP contribution in [-0.2, 0) is 11.3 Å². The molecule has 0 aliphatic carbocycles. The van der Waals surface area contributed by atoms with Gasteiger partial charge in [0.1, 0.15) is 5.82 Å². The molecule has 3 rings (SSSR count). The van der Waals surface area contributed by atoms with Gasteiger partial charge in [-0.1, -0.05) is 18.2 Å². The summed E-state index contributed by atoms with van der Waals surface area (Å²) in [6, 6.07) is 13.5. The maximum Gasteiger partial charge on any atom is 0.265 e. The van der Waals surface area contributed by atoms with E-state index in [0.29, 0.717) is 22.5 Å². The number of carbonyl (C=O) groups excluding carboxylic acids is 2. The van der Waals surface area contributed by atoms with Crippen molar-refractivity contribution < 1.29 is 14.0 Å². The second kappa shape index (κ2) is 7.03. The third-order valence-corrected chi connectivity index (χ3v) is 5.03. The number of amides is 2. The SMILES string of the molecule is CC(=O)N(C)Cc1ccccc1NC(=O)c1cc2cc(F)ccc2s1. The second-order valence-electron chi connectivity index (χ2n) is 5.78. The highest BCUT2D eigenvalue weighted by Gasteiger charge is 2.14. The first kappa shape index (κ1) is 17.1. The van der Waals surface area contributed by atoms with Crippen molar-refractivity contribution in [2.45, 2.75) is 13.5 Å². The van der Waals surface area contributed by atoms with Gasteiger partial charge in [0, 0.05) is 30.9 Å². The Kier molecular flexibility index (Phi) is 4.81. The minimum Gasteiger partial charge on any atom is -0.342 e. The number of hydrogen-bond acceptors (Lipinski definition) is 3. The Morgan fingerprint density at radius 2 is 1.92 bits per heavy atom. The molecule has 0 unspecified atom stereocenters. The zero-order valence-corrected chi connectivity index (χ0v) is 14.7. The molecule has 1 aromatic heterocycles. The van der Waals surface area contributed by atoms with Crippen LogP contribution in [0.25, 0.3) is 10.1 Å². The lowest BCUT2D eigenvalue weighted by molar-refractivity contribution is -0.128. The number of nitrogens with one attached hydrogen (secondary N) is 1. The molecule has 0 fully saturated rings. The standard InChI is InChI=1S/C19H17FN2O2S/c1-12(23)22(2)11-13-5-3-4-6-16(13)21-19(24)18-10-14-9-15(20)7-8-17(14)25-18/h3-10H,11H2,1-2H3,(H,21,24). The van der Waals surface area contributed by atoms with E-state index in [1.165, 1.54) is 30.4 Å². The number of thiophene rings is 1. The lowest BCUT2D eigenvalue weighted by Crippen LogP contribution is -2.24. The van der Waals surface area contributed by atoms with Gasteiger partial charge in [-0.3, -0.25) is 9.59 Å². The average Bonchev–Trinajstić information content (AvgIpc) is 2.99. The molecule has 128 valence electrons. The lowest BCUT2D eigenvalue weighted by Gasteiger charge is -2.17. The molecule has 0 radical (unpaired) electrons. The van der Waals surface area contributed by atoms with Crippen LogP contribution in [0.15, 0.2) is 48.5 Å². The molecule has 0 aliphatic rings. The number of anilines is 1. The van der Waals surface area contributed by atoms with Gasteiger partial charge in [-0.2, -0.15) is 0 Å². The minimum atomic E-state index is -0.324. The second-order valence-corrected chi connectivity index (χ2v) is 6.86. The molecule has 0 spiro atoms. The molecule has 0 saturated carbocycles. The summed E-state index contributed by atoms with van der Waals surface area (Å²) in [4.78, 5) is 26.1. The van der Waals surface area contributed by atoms with Gasteiger partial charge in [0.05, 0.1) is 4.88 Å². The smallest absolute Gasteiger partial charge is 0.265 e. The fourth-order valence-electron chi connectivity index (χ4n) is 2.46. The van der Waals surface area contributed by atoms with Gasteiger partial charge in [-0.25, -0.2) is 4.39 Å². The van der Waals surface area contributed by atoms with Crippen LogP contribution in [0.1, 0.15) is 22.2 Å². The van der Waals surface area contributed by atoms with Crippen LogP contribution in [0.5, 0.6) is 0 Å². The molecule has 25 heavy (non-hydrogen) atoms. The Bertz CT molecular complexity index is 952. The lowest BCUT2D eigenvalue weighted by atomic mass is 10.1. The first-order valence-corrected chi connectivity index (χ1v) is 8.56. The molecule has 0 bridgehead atoms. The monoisotopic (exact) mass is 356 g/mol. The highest BCUT2D eigenvalue weighted by Crippen LogP contribution is 2.27. The molecular weight excluding hydrogens is 339 g/mol. The summed E-state index contributed by atoms with van der Waals surface area (Å²) in [5.74, 6) is -0.623. The van der Waals surface area contributed by atoms with Gasteiger partial charge in [0.15, 0.2) is 0 Å². The molecule has 0 saturated heterocycles. The zero-order chi connectivity index (χ0) is 18.0. The summed E-state index contributed by atoms with van der Waals surface area (Å²) in [6.07, 6.45) is 0. The predicted molar refractivity (Wildman–Crippen MR) is 98.3 cm³/mol. The van der Waals surface area contributed by atoms with Crippen molar-refractivity contribution in [1.29, 1.82) is 0 Å². The van der Waals surface area contributed by atoms with E-state index < -0.39 is 0 Å². The third-order valence-electron chi connectivity index (χ3n) is 3.91. The Labute approximate surface area is 148 Å². The van der Waals surface area contributed by atoms with Crippen LogP contribution >= 0.6 is 11.3 Å². The van der Waals surface area contributed by atoms with Gasteiger partial charge >= 0.3 is 0 Å². The van der Waals surface area contributed by atoms with E-state index in [4.69, 9.17) is 0 Å². The summed E-state index contributed by atoms with van der Waals surface area (Å²) in [7, 11) is 1.71. The largest absolute Gasteiger partial charge is 0.342 e. The summed E-state index contributed by atoms with van der Waals surface area (Å²) in [5, 5.41) is 3.59. The van der Waals surface area contributed by atoms with Gasteiger partial charge in [-0.05, 0) is 41.3 Å². The van der Waals surface area contributed by atoms with Crippen LogP contribution in [0.2, 0.25) is 0 Å². The fraction of sp³-hybridized carbons (Fsp3) is 0.158. The summed E-state index contributed by atoms with van der Waals surface area (Å²) in [6.45, 7) is 1.90. The number of benzene rings is 2. The van der Waals surface area contributed by atoms with E-state index in [9.17, 15) is 14.0 Å². The first-order chi connectivity index (χ1) is 11.9. The van der Waals surface area contributed by atoms with Crippen molar-refractivity contribution in [2.75, 3.05) is 12.4 Å². The maximum atomic E-state index is 13.3. The van der Waals surface area contributed by atoms with Crippen molar-refractivity contribution in [3.63, 3.8) is 0 Å². The molecule has 1 heterocycles. The Hall–Kier alpha value is -2.73. The van der Waals surface area contributed by atoms with Crippen LogP contribution < -0.4 is 5.32 Å². The molecular formula is C19H17FN2O2S. The van der Waals surface area contributed by atoms with Crippen molar-refractivity contribution in [2.24, 2.45) is 0 Å². The summed E-state index contributed by atoms with van der Waals surface area (Å²) in [5.41, 5.74) is 1.50. The summed E-state index contributed by atoms with van der Waals surface area (Å²) < 4.78 is 14.2. The highest BCUT2D eigenvalue weighted by molar-refractivity contribution is 7.20. The quantitative estimate of drug-likeness (QED) is 0.759. The number of para-hydroxylation sites is 1. The number of nitrogens with zero attached hydrogens (tertiary/aromatic N) is 1. The van der Waals surface area contributed by atoms with Crippen LogP contribution in [0, 0.1) is 5.82 Å². The Morgan fingerprint density at radius 1 is 1.16 bits per heavy atom. The van der Waals surface area contributed by atoms with E-state index in [1.54, 1.807) is 30.1 Å². The van der Waals surface area contributed by atoms with Crippen LogP contribution in [-0.4, -0.2) is 23.8 Å². The van der Waals surface area contributed by atoms with E-state index >= 15 is 0 Å². The number of hydrogen-bond donors (Lipinski definition) is 1. The van der Waals surface area contributed by atoms with E-state index in [1.807, 2.05) is 18.2 Å². The molecule has 0 aliphatic heterocycles. The topological polar surface area (TPSA) is 49.4 Å². The van der Waals surface area contributed by atoms with Gasteiger partial charge in [-0.15, -0.1) is 11.3 Å². The molecule has 0 atom stereocenters. The number of halogens is 1. The average molecular weight is 356 g/mol. The van der Waals surface area contributed by atoms with E-state index in [2.05, 4.69) is 5.32 Å². The number of carbonyl (C=O) groups is 2. The summed E-state index contributed by atoms with van der Waals surface area (Å²) >= 11 is 1.31. The molecule has 2 aromatic carbocycles. The maximum absolute atomic E-state index is 13.3. The van der Waals surface area contributed by atoms with E-state index in [-0.39, 0.29) is 17.6 Å². The van der Waals surface area contributed by atoms with Crippen molar-refractivity contribution in [3.8, 4) is 0 Å². The van der Waals surface area contributed by atoms with Gasteiger partial charge < -0.3 is 10.2 Å². The third kappa shape index (κ3) is 3.85. The number of rotatable bonds is 4. The Morgan fingerprint density at radius 3 is 2.68 bits per heavy atom. The Balaban J connectivity index is 1.83. The van der Waals surface area contributed by atoms with Crippen molar-refractivity contribution >= 4 is 38.9 Å². The van der Waals surface area contributed by atoms with E-state index in [0.717, 1.165) is 10.3 Å². The normalized spacial score (nSPS) is 10.7. The molecule has 1 N–H and O–H groups in total. The zero-order valence-electron chi connectivity index (χ0n) is 13.9. The number of fused-ring (bicyclic) bond motifs is 1. The molecule has 6 heteroatoms. The van der Waals surface area contributed by atoms with Crippen LogP contribution in [0.4, 0.5) is 10.1 Å². The first-order valence-electron chi connectivity index (χ1n) is 7.74. The highest BCUT2D eigenvalue weighted by atomic mass is 32.1. The molecule has 4 nitrogen and oxygen atoms in total. The molecule has 2 amide bonds. The van der Waals surface area contributed by atoms with Gasteiger partial charge in [0.25, 0.3) is 5.91 Å². The van der Waals surface area contributed by atoms with Crippen molar-refractivity contribution in [3.05, 3.63) is 64.8 Å². The molecule has 3 aromatic rings. The van der Waals surface area contributed by atoms with Crippen LogP contribution in [0.3, 0.4) is 0 Å². The fourth-order valence-corrected chi connectivity index (χ4v) is 3.40. The van der Waals surface area contributed by atoms with Crippen molar-refractivity contribution in [1.82, 2.24) is 4.90 Å².